The number of urea groups is 1. The van der Waals surface area contributed by atoms with Crippen molar-refractivity contribution in [3.8, 4) is 0 Å². The Balaban J connectivity index is 1.51. The molecule has 0 spiro atoms. The molecule has 21 heavy (non-hydrogen) atoms. The predicted octanol–water partition coefficient (Wildman–Crippen LogP) is -0.0806. The van der Waals surface area contributed by atoms with Crippen LogP contribution in [0.4, 0.5) is 4.79 Å². The number of nitrogens with zero attached hydrogens (tertiary/aromatic N) is 3. The van der Waals surface area contributed by atoms with Crippen LogP contribution in [0.2, 0.25) is 0 Å². The molecule has 0 radical (unpaired) electrons. The quantitative estimate of drug-likeness (QED) is 0.772. The van der Waals surface area contributed by atoms with E-state index in [0.717, 1.165) is 45.8 Å². The molecule has 0 saturated carbocycles. The molecule has 3 aliphatic rings. The third-order valence-corrected chi connectivity index (χ3v) is 4.80. The van der Waals surface area contributed by atoms with Crippen LogP contribution in [0.15, 0.2) is 0 Å². The van der Waals surface area contributed by atoms with Crippen LogP contribution in [0.3, 0.4) is 0 Å². The molecule has 3 fully saturated rings. The zero-order valence-electron chi connectivity index (χ0n) is 12.2. The van der Waals surface area contributed by atoms with Gasteiger partial charge in [-0.3, -0.25) is 9.69 Å². The third-order valence-electron chi connectivity index (χ3n) is 4.80. The van der Waals surface area contributed by atoms with E-state index < -0.39 is 11.9 Å². The Hall–Kier alpha value is -1.34. The third kappa shape index (κ3) is 3.13. The molecule has 2 atom stereocenters. The van der Waals surface area contributed by atoms with Gasteiger partial charge < -0.3 is 19.6 Å². The zero-order chi connectivity index (χ0) is 14.8. The molecule has 0 bridgehead atoms. The summed E-state index contributed by atoms with van der Waals surface area (Å²) in [5.41, 5.74) is 0. The SMILES string of the molecule is O=C(O)C1CCN(C(=O)N2CCC(N3CCOCC3)C2)C1. The lowest BCUT2D eigenvalue weighted by Crippen LogP contribution is -2.46. The Bertz CT molecular complexity index is 411. The molecule has 3 saturated heterocycles. The second-order valence-corrected chi connectivity index (χ2v) is 6.09. The Labute approximate surface area is 124 Å². The topological polar surface area (TPSA) is 73.3 Å². The molecule has 3 aliphatic heterocycles. The smallest absolute Gasteiger partial charge is 0.320 e. The number of rotatable bonds is 2. The number of ether oxygens (including phenoxy) is 1. The minimum atomic E-state index is -0.794. The minimum absolute atomic E-state index is 0.00881. The van der Waals surface area contributed by atoms with Gasteiger partial charge in [-0.05, 0) is 12.8 Å². The Morgan fingerprint density at radius 3 is 2.29 bits per heavy atom. The summed E-state index contributed by atoms with van der Waals surface area (Å²) in [5.74, 6) is -1.19. The second kappa shape index (κ2) is 6.19. The summed E-state index contributed by atoms with van der Waals surface area (Å²) in [6.45, 7) is 5.88. The summed E-state index contributed by atoms with van der Waals surface area (Å²) in [6, 6.07) is 0.435. The van der Waals surface area contributed by atoms with Gasteiger partial charge in [0.25, 0.3) is 0 Å². The molecule has 0 aliphatic carbocycles. The number of aliphatic carboxylic acids is 1. The standard InChI is InChI=1S/C14H23N3O4/c18-13(19)11-1-3-16(9-11)14(20)17-4-2-12(10-17)15-5-7-21-8-6-15/h11-12H,1-10H2,(H,18,19). The van der Waals surface area contributed by atoms with Crippen LogP contribution in [0.5, 0.6) is 0 Å². The average molecular weight is 297 g/mol. The summed E-state index contributed by atoms with van der Waals surface area (Å²) in [7, 11) is 0. The second-order valence-electron chi connectivity index (χ2n) is 6.09. The average Bonchev–Trinajstić information content (AvgIpc) is 3.17. The van der Waals surface area contributed by atoms with Crippen LogP contribution in [-0.4, -0.2) is 90.3 Å². The van der Waals surface area contributed by atoms with Crippen LogP contribution < -0.4 is 0 Å². The predicted molar refractivity (Wildman–Crippen MR) is 75.1 cm³/mol. The molecule has 118 valence electrons. The normalized spacial score (nSPS) is 30.9. The first-order valence-corrected chi connectivity index (χ1v) is 7.73. The number of carbonyl (C=O) groups is 2. The fraction of sp³-hybridized carbons (Fsp3) is 0.857. The van der Waals surface area contributed by atoms with Crippen molar-refractivity contribution in [3.63, 3.8) is 0 Å². The van der Waals surface area contributed by atoms with E-state index in [1.807, 2.05) is 4.90 Å². The number of carboxylic acid groups (broad SMARTS) is 1. The first kappa shape index (κ1) is 14.6. The maximum absolute atomic E-state index is 12.5. The van der Waals surface area contributed by atoms with Crippen LogP contribution in [-0.2, 0) is 9.53 Å². The van der Waals surface area contributed by atoms with Crippen molar-refractivity contribution < 1.29 is 19.4 Å². The summed E-state index contributed by atoms with van der Waals surface area (Å²) in [5, 5.41) is 9.02. The highest BCUT2D eigenvalue weighted by Crippen LogP contribution is 2.22. The zero-order valence-corrected chi connectivity index (χ0v) is 12.2. The van der Waals surface area contributed by atoms with Crippen molar-refractivity contribution in [2.75, 3.05) is 52.5 Å². The largest absolute Gasteiger partial charge is 0.481 e. The number of amides is 2. The fourth-order valence-electron chi connectivity index (χ4n) is 3.49. The van der Waals surface area contributed by atoms with E-state index in [2.05, 4.69) is 4.90 Å². The first-order valence-electron chi connectivity index (χ1n) is 7.73. The number of likely N-dealkylation sites (tertiary alicyclic amines) is 2. The van der Waals surface area contributed by atoms with Crippen LogP contribution in [0.1, 0.15) is 12.8 Å². The van der Waals surface area contributed by atoms with Gasteiger partial charge in [-0.1, -0.05) is 0 Å². The van der Waals surface area contributed by atoms with E-state index in [9.17, 15) is 9.59 Å². The van der Waals surface area contributed by atoms with E-state index in [1.54, 1.807) is 4.90 Å². The lowest BCUT2D eigenvalue weighted by molar-refractivity contribution is -0.141. The molecule has 7 heteroatoms. The number of hydrogen-bond acceptors (Lipinski definition) is 4. The molecule has 2 amide bonds. The lowest BCUT2D eigenvalue weighted by Gasteiger charge is -2.32. The summed E-state index contributed by atoms with van der Waals surface area (Å²) in [6.07, 6.45) is 1.57. The fourth-order valence-corrected chi connectivity index (χ4v) is 3.49. The van der Waals surface area contributed by atoms with Crippen LogP contribution >= 0.6 is 0 Å². The van der Waals surface area contributed by atoms with E-state index in [4.69, 9.17) is 9.84 Å². The van der Waals surface area contributed by atoms with Crippen LogP contribution in [0, 0.1) is 5.92 Å². The maximum atomic E-state index is 12.5. The molecule has 0 aromatic rings. The maximum Gasteiger partial charge on any atom is 0.320 e. The van der Waals surface area contributed by atoms with Gasteiger partial charge >= 0.3 is 12.0 Å². The van der Waals surface area contributed by atoms with E-state index >= 15 is 0 Å². The van der Waals surface area contributed by atoms with Crippen molar-refractivity contribution in [1.82, 2.24) is 14.7 Å². The van der Waals surface area contributed by atoms with Gasteiger partial charge in [0, 0.05) is 45.3 Å². The molecular weight excluding hydrogens is 274 g/mol. The van der Waals surface area contributed by atoms with E-state index in [1.165, 1.54) is 0 Å². The van der Waals surface area contributed by atoms with Crippen molar-refractivity contribution in [2.24, 2.45) is 5.92 Å². The van der Waals surface area contributed by atoms with Crippen molar-refractivity contribution in [2.45, 2.75) is 18.9 Å². The van der Waals surface area contributed by atoms with Gasteiger partial charge in [-0.25, -0.2) is 4.79 Å². The molecule has 3 rings (SSSR count). The number of morpholine rings is 1. The monoisotopic (exact) mass is 297 g/mol. The van der Waals surface area contributed by atoms with Crippen LogP contribution in [0.25, 0.3) is 0 Å². The lowest BCUT2D eigenvalue weighted by atomic mass is 10.1. The van der Waals surface area contributed by atoms with Gasteiger partial charge in [0.15, 0.2) is 0 Å². The molecule has 1 N–H and O–H groups in total. The molecular formula is C14H23N3O4. The first-order chi connectivity index (χ1) is 10.1. The highest BCUT2D eigenvalue weighted by molar-refractivity contribution is 5.77. The number of carboxylic acids is 1. The van der Waals surface area contributed by atoms with Gasteiger partial charge in [0.2, 0.25) is 0 Å². The Kier molecular flexibility index (Phi) is 4.30. The minimum Gasteiger partial charge on any atom is -0.481 e. The highest BCUT2D eigenvalue weighted by Gasteiger charge is 2.37. The Morgan fingerprint density at radius 2 is 1.62 bits per heavy atom. The Morgan fingerprint density at radius 1 is 0.952 bits per heavy atom. The molecule has 0 aromatic heterocycles. The molecule has 0 aromatic carbocycles. The van der Waals surface area contributed by atoms with Gasteiger partial charge in [-0.15, -0.1) is 0 Å². The van der Waals surface area contributed by atoms with Gasteiger partial charge in [0.1, 0.15) is 0 Å². The number of hydrogen-bond donors (Lipinski definition) is 1. The molecule has 2 unspecified atom stereocenters. The summed E-state index contributed by atoms with van der Waals surface area (Å²) in [4.78, 5) is 29.4. The molecule has 3 heterocycles. The summed E-state index contributed by atoms with van der Waals surface area (Å²) >= 11 is 0. The van der Waals surface area contributed by atoms with Crippen molar-refractivity contribution in [1.29, 1.82) is 0 Å². The summed E-state index contributed by atoms with van der Waals surface area (Å²) < 4.78 is 5.36. The molecule has 7 nitrogen and oxygen atoms in total. The van der Waals surface area contributed by atoms with Gasteiger partial charge in [-0.2, -0.15) is 0 Å². The van der Waals surface area contributed by atoms with Gasteiger partial charge in [0.05, 0.1) is 19.1 Å². The van der Waals surface area contributed by atoms with E-state index in [-0.39, 0.29) is 6.03 Å². The highest BCUT2D eigenvalue weighted by atomic mass is 16.5. The van der Waals surface area contributed by atoms with E-state index in [0.29, 0.717) is 25.6 Å². The van der Waals surface area contributed by atoms with Crippen molar-refractivity contribution in [3.05, 3.63) is 0 Å². The van der Waals surface area contributed by atoms with Crippen molar-refractivity contribution >= 4 is 12.0 Å². The number of carbonyl (C=O) groups excluding carboxylic acids is 1.